The van der Waals surface area contributed by atoms with E-state index in [1.165, 1.54) is 12.2 Å². The van der Waals surface area contributed by atoms with Gasteiger partial charge in [0.15, 0.2) is 0 Å². The third-order valence-corrected chi connectivity index (χ3v) is 4.86. The van der Waals surface area contributed by atoms with Crippen LogP contribution in [0.4, 0.5) is 5.82 Å². The number of benzene rings is 1. The molecule has 2 aromatic rings. The molecule has 1 fully saturated rings. The second kappa shape index (κ2) is 5.29. The predicted octanol–water partition coefficient (Wildman–Crippen LogP) is 3.37. The Labute approximate surface area is 118 Å². The zero-order chi connectivity index (χ0) is 13.2. The minimum absolute atomic E-state index is 0.528. The summed E-state index contributed by atoms with van der Waals surface area (Å²) in [5, 5.41) is 0. The van der Waals surface area contributed by atoms with Gasteiger partial charge in [-0.3, -0.25) is 0 Å². The summed E-state index contributed by atoms with van der Waals surface area (Å²) < 4.78 is 2.13. The first-order chi connectivity index (χ1) is 9.31. The number of nitrogens with two attached hydrogens (primary N) is 1. The van der Waals surface area contributed by atoms with Gasteiger partial charge in [-0.05, 0) is 19.1 Å². The third kappa shape index (κ3) is 2.25. The van der Waals surface area contributed by atoms with Gasteiger partial charge in [0.2, 0.25) is 0 Å². The van der Waals surface area contributed by atoms with E-state index in [9.17, 15) is 0 Å². The quantitative estimate of drug-likeness (QED) is 0.932. The van der Waals surface area contributed by atoms with Crippen molar-refractivity contribution in [2.24, 2.45) is 0 Å². The van der Waals surface area contributed by atoms with Gasteiger partial charge >= 0.3 is 0 Å². The molecule has 0 saturated carbocycles. The number of nitrogens with zero attached hydrogens (tertiary/aromatic N) is 2. The van der Waals surface area contributed by atoms with Crippen molar-refractivity contribution in [1.82, 2.24) is 9.55 Å². The van der Waals surface area contributed by atoms with Crippen LogP contribution < -0.4 is 5.73 Å². The topological polar surface area (TPSA) is 43.8 Å². The summed E-state index contributed by atoms with van der Waals surface area (Å²) in [5.41, 5.74) is 8.57. The van der Waals surface area contributed by atoms with E-state index in [4.69, 9.17) is 10.7 Å². The molecule has 0 aliphatic carbocycles. The maximum atomic E-state index is 6.32. The minimum Gasteiger partial charge on any atom is -0.384 e. The number of imidazole rings is 1. The van der Waals surface area contributed by atoms with Gasteiger partial charge in [-0.1, -0.05) is 30.3 Å². The van der Waals surface area contributed by atoms with Gasteiger partial charge in [0, 0.05) is 23.8 Å². The molecule has 1 saturated heterocycles. The Morgan fingerprint density at radius 3 is 2.79 bits per heavy atom. The van der Waals surface area contributed by atoms with Gasteiger partial charge in [0.1, 0.15) is 11.6 Å². The first kappa shape index (κ1) is 12.6. The largest absolute Gasteiger partial charge is 0.384 e. The smallest absolute Gasteiger partial charge is 0.141 e. The number of nitrogen functional groups attached to an aromatic ring is 1. The molecule has 3 rings (SSSR count). The maximum Gasteiger partial charge on any atom is 0.141 e. The zero-order valence-electron chi connectivity index (χ0n) is 11.2. The fourth-order valence-electron chi connectivity index (χ4n) is 2.66. The average molecular weight is 273 g/mol. The van der Waals surface area contributed by atoms with Crippen LogP contribution >= 0.6 is 11.8 Å². The van der Waals surface area contributed by atoms with Crippen LogP contribution in [-0.2, 0) is 6.54 Å². The molecule has 0 amide bonds. The first-order valence-corrected chi connectivity index (χ1v) is 7.95. The molecule has 1 aliphatic rings. The number of rotatable bonds is 3. The van der Waals surface area contributed by atoms with Crippen LogP contribution in [0.2, 0.25) is 0 Å². The van der Waals surface area contributed by atoms with Crippen LogP contribution in [0.1, 0.15) is 25.0 Å². The molecule has 1 aromatic heterocycles. The normalized spacial score (nSPS) is 18.9. The number of thioether (sulfide) groups is 1. The molecular weight excluding hydrogens is 254 g/mol. The lowest BCUT2D eigenvalue weighted by Gasteiger charge is -2.08. The highest BCUT2D eigenvalue weighted by molar-refractivity contribution is 7.99. The van der Waals surface area contributed by atoms with Gasteiger partial charge < -0.3 is 10.3 Å². The summed E-state index contributed by atoms with van der Waals surface area (Å²) in [6, 6.07) is 10.3. The fraction of sp³-hybridized carbons (Fsp3) is 0.400. The number of hydrogen-bond donors (Lipinski definition) is 1. The molecule has 100 valence electrons. The molecule has 0 radical (unpaired) electrons. The average Bonchev–Trinajstić information content (AvgIpc) is 3.07. The zero-order valence-corrected chi connectivity index (χ0v) is 12.0. The lowest BCUT2D eigenvalue weighted by atomic mass is 10.1. The molecule has 19 heavy (non-hydrogen) atoms. The monoisotopic (exact) mass is 273 g/mol. The predicted molar refractivity (Wildman–Crippen MR) is 82.4 cm³/mol. The standard InChI is InChI=1S/C15H19N3S/c1-2-18-14(16)13(12-8-9-19-10-12)17-15(18)11-6-4-3-5-7-11/h3-7,12H,2,8-10,16H2,1H3. The summed E-state index contributed by atoms with van der Waals surface area (Å²) >= 11 is 2.00. The summed E-state index contributed by atoms with van der Waals surface area (Å²) in [5.74, 6) is 4.77. The molecule has 2 N–H and O–H groups in total. The van der Waals surface area contributed by atoms with Crippen molar-refractivity contribution < 1.29 is 0 Å². The Morgan fingerprint density at radius 2 is 2.16 bits per heavy atom. The van der Waals surface area contributed by atoms with Crippen molar-refractivity contribution in [3.05, 3.63) is 36.0 Å². The van der Waals surface area contributed by atoms with E-state index in [1.807, 2.05) is 30.0 Å². The van der Waals surface area contributed by atoms with Crippen LogP contribution in [0.3, 0.4) is 0 Å². The fourth-order valence-corrected chi connectivity index (χ4v) is 3.89. The Balaban J connectivity index is 2.07. The molecule has 0 spiro atoms. The van der Waals surface area contributed by atoms with E-state index in [2.05, 4.69) is 23.6 Å². The Kier molecular flexibility index (Phi) is 3.51. The van der Waals surface area contributed by atoms with Crippen LogP contribution in [-0.4, -0.2) is 21.1 Å². The second-order valence-corrected chi connectivity index (χ2v) is 6.03. The SMILES string of the molecule is CCn1c(-c2ccccc2)nc(C2CCSC2)c1N. The second-order valence-electron chi connectivity index (χ2n) is 4.88. The Hall–Kier alpha value is -1.42. The van der Waals surface area contributed by atoms with Crippen LogP contribution in [0.15, 0.2) is 30.3 Å². The molecule has 0 bridgehead atoms. The summed E-state index contributed by atoms with van der Waals surface area (Å²) in [6.45, 7) is 2.99. The van der Waals surface area contributed by atoms with Crippen molar-refractivity contribution in [2.45, 2.75) is 25.8 Å². The highest BCUT2D eigenvalue weighted by atomic mass is 32.2. The van der Waals surface area contributed by atoms with Gasteiger partial charge in [-0.25, -0.2) is 4.98 Å². The molecule has 1 aromatic carbocycles. The number of anilines is 1. The van der Waals surface area contributed by atoms with Gasteiger partial charge in [-0.2, -0.15) is 11.8 Å². The van der Waals surface area contributed by atoms with Crippen LogP contribution in [0, 0.1) is 0 Å². The van der Waals surface area contributed by atoms with Crippen molar-refractivity contribution >= 4 is 17.6 Å². The Bertz CT molecular complexity index is 556. The maximum absolute atomic E-state index is 6.32. The van der Waals surface area contributed by atoms with Crippen molar-refractivity contribution in [3.63, 3.8) is 0 Å². The van der Waals surface area contributed by atoms with Crippen LogP contribution in [0.25, 0.3) is 11.4 Å². The van der Waals surface area contributed by atoms with E-state index >= 15 is 0 Å². The van der Waals surface area contributed by atoms with E-state index in [0.717, 1.165) is 35.2 Å². The van der Waals surface area contributed by atoms with E-state index in [-0.39, 0.29) is 0 Å². The molecule has 1 unspecified atom stereocenters. The molecule has 1 aliphatic heterocycles. The lowest BCUT2D eigenvalue weighted by molar-refractivity contribution is 0.753. The van der Waals surface area contributed by atoms with E-state index in [0.29, 0.717) is 5.92 Å². The summed E-state index contributed by atoms with van der Waals surface area (Å²) in [7, 11) is 0. The molecule has 1 atom stereocenters. The van der Waals surface area contributed by atoms with Gasteiger partial charge in [0.25, 0.3) is 0 Å². The van der Waals surface area contributed by atoms with E-state index in [1.54, 1.807) is 0 Å². The van der Waals surface area contributed by atoms with Crippen LogP contribution in [0.5, 0.6) is 0 Å². The molecular formula is C15H19N3S. The number of hydrogen-bond acceptors (Lipinski definition) is 3. The third-order valence-electron chi connectivity index (χ3n) is 3.70. The van der Waals surface area contributed by atoms with Gasteiger partial charge in [-0.15, -0.1) is 0 Å². The lowest BCUT2D eigenvalue weighted by Crippen LogP contribution is -2.05. The van der Waals surface area contributed by atoms with Crippen molar-refractivity contribution in [3.8, 4) is 11.4 Å². The highest BCUT2D eigenvalue weighted by Crippen LogP contribution is 2.36. The Morgan fingerprint density at radius 1 is 1.37 bits per heavy atom. The minimum atomic E-state index is 0.528. The van der Waals surface area contributed by atoms with Crippen molar-refractivity contribution in [2.75, 3.05) is 17.2 Å². The number of aromatic nitrogens is 2. The van der Waals surface area contributed by atoms with Gasteiger partial charge in [0.05, 0.1) is 5.69 Å². The first-order valence-electron chi connectivity index (χ1n) is 6.80. The molecule has 4 heteroatoms. The summed E-state index contributed by atoms with van der Waals surface area (Å²) in [4.78, 5) is 4.86. The van der Waals surface area contributed by atoms with Crippen molar-refractivity contribution in [1.29, 1.82) is 0 Å². The highest BCUT2D eigenvalue weighted by Gasteiger charge is 2.25. The van der Waals surface area contributed by atoms with E-state index < -0.39 is 0 Å². The summed E-state index contributed by atoms with van der Waals surface area (Å²) in [6.07, 6.45) is 1.20. The molecule has 3 nitrogen and oxygen atoms in total. The molecule has 2 heterocycles.